The fourth-order valence-corrected chi connectivity index (χ4v) is 9.98. The normalized spacial score (nSPS) is 53.3. The molecule has 4 saturated carbocycles. The highest BCUT2D eigenvalue weighted by molar-refractivity contribution is 5.85. The van der Waals surface area contributed by atoms with Gasteiger partial charge in [-0.1, -0.05) is 6.92 Å². The number of aliphatic hydroxyl groups excluding tert-OH is 1. The molecule has 0 aromatic heterocycles. The van der Waals surface area contributed by atoms with Crippen molar-refractivity contribution in [3.63, 3.8) is 0 Å². The number of carbonyl (C=O) groups excluding carboxylic acids is 2. The largest absolute Gasteiger partial charge is 0.458 e. The van der Waals surface area contributed by atoms with Gasteiger partial charge in [-0.05, 0) is 81.6 Å². The van der Waals surface area contributed by atoms with E-state index in [0.29, 0.717) is 51.6 Å². The van der Waals surface area contributed by atoms with Gasteiger partial charge in [0, 0.05) is 31.4 Å². The van der Waals surface area contributed by atoms with Crippen LogP contribution >= 0.6 is 0 Å². The summed E-state index contributed by atoms with van der Waals surface area (Å²) >= 11 is 0. The van der Waals surface area contributed by atoms with Crippen molar-refractivity contribution in [2.24, 2.45) is 28.6 Å². The zero-order chi connectivity index (χ0) is 27.8. The Kier molecular flexibility index (Phi) is 6.84. The third kappa shape index (κ3) is 3.94. The lowest BCUT2D eigenvalue weighted by Gasteiger charge is -2.65. The Bertz CT molecular complexity index is 1030. The molecule has 3 N–H and O–H groups in total. The average molecular weight is 549 g/mol. The van der Waals surface area contributed by atoms with Crippen LogP contribution in [0.25, 0.3) is 0 Å². The fourth-order valence-electron chi connectivity index (χ4n) is 9.98. The number of methoxy groups -OCH3 is 1. The molecular formula is C30H44O9. The van der Waals surface area contributed by atoms with Gasteiger partial charge in [-0.3, -0.25) is 0 Å². The molecule has 5 fully saturated rings. The maximum absolute atomic E-state index is 13.0. The van der Waals surface area contributed by atoms with E-state index in [0.717, 1.165) is 31.1 Å². The van der Waals surface area contributed by atoms with Crippen molar-refractivity contribution < 1.29 is 43.9 Å². The molecule has 6 aliphatic rings. The fraction of sp³-hybridized carbons (Fsp3) is 0.867. The van der Waals surface area contributed by atoms with Gasteiger partial charge in [0.05, 0.1) is 34.9 Å². The molecular weight excluding hydrogens is 504 g/mol. The number of esters is 1. The Labute approximate surface area is 230 Å². The monoisotopic (exact) mass is 548 g/mol. The van der Waals surface area contributed by atoms with Crippen molar-refractivity contribution >= 4 is 12.3 Å². The molecule has 0 bridgehead atoms. The standard InChI is InChI=1S/C30H44O9/c1-17-26(33)23(36-3)13-25(38-17)39-19-4-9-28(16-31)21-5-8-27(2)20(18-12-24(32)37-15-18)7-11-30(27,35)22(21)6-10-29(28,34)14-19/h12,16-17,19-23,25-26,33-35H,4-11,13-15H2,1-3H3/t17-,19+,20?,21?,22?,23+,25+,26-,27?,28?,29+,30?/m1/s1. The van der Waals surface area contributed by atoms with Crippen LogP contribution in [0.3, 0.4) is 0 Å². The highest BCUT2D eigenvalue weighted by Crippen LogP contribution is 2.70. The van der Waals surface area contributed by atoms with Crippen LogP contribution in [0, 0.1) is 28.6 Å². The molecule has 0 aromatic carbocycles. The van der Waals surface area contributed by atoms with Crippen molar-refractivity contribution in [2.75, 3.05) is 13.7 Å². The Balaban J connectivity index is 1.21. The van der Waals surface area contributed by atoms with E-state index >= 15 is 0 Å². The van der Waals surface area contributed by atoms with Gasteiger partial charge >= 0.3 is 5.97 Å². The van der Waals surface area contributed by atoms with Gasteiger partial charge in [0.2, 0.25) is 0 Å². The number of cyclic esters (lactones) is 1. The summed E-state index contributed by atoms with van der Waals surface area (Å²) in [5.74, 6) is -0.420. The van der Waals surface area contributed by atoms with Crippen LogP contribution in [0.5, 0.6) is 0 Å². The summed E-state index contributed by atoms with van der Waals surface area (Å²) in [7, 11) is 1.57. The highest BCUT2D eigenvalue weighted by atomic mass is 16.7. The Morgan fingerprint density at radius 1 is 1.08 bits per heavy atom. The highest BCUT2D eigenvalue weighted by Gasteiger charge is 2.71. The maximum atomic E-state index is 13.0. The second-order valence-corrected chi connectivity index (χ2v) is 13.5. The van der Waals surface area contributed by atoms with Gasteiger partial charge in [-0.15, -0.1) is 0 Å². The summed E-state index contributed by atoms with van der Waals surface area (Å²) in [5.41, 5.74) is -2.52. The molecule has 9 nitrogen and oxygen atoms in total. The summed E-state index contributed by atoms with van der Waals surface area (Å²) in [6, 6.07) is 0. The van der Waals surface area contributed by atoms with E-state index in [1.807, 2.05) is 0 Å². The molecule has 6 unspecified atom stereocenters. The zero-order valence-corrected chi connectivity index (χ0v) is 23.3. The van der Waals surface area contributed by atoms with E-state index in [-0.39, 0.29) is 35.9 Å². The van der Waals surface area contributed by atoms with E-state index in [1.165, 1.54) is 0 Å². The number of aldehydes is 1. The summed E-state index contributed by atoms with van der Waals surface area (Å²) in [5, 5.41) is 34.8. The Morgan fingerprint density at radius 2 is 1.85 bits per heavy atom. The van der Waals surface area contributed by atoms with Crippen molar-refractivity contribution in [2.45, 2.75) is 120 Å². The van der Waals surface area contributed by atoms with Gasteiger partial charge in [-0.2, -0.15) is 0 Å². The minimum absolute atomic E-state index is 0.0827. The van der Waals surface area contributed by atoms with Crippen LogP contribution in [0.4, 0.5) is 0 Å². The first-order chi connectivity index (χ1) is 18.5. The van der Waals surface area contributed by atoms with E-state index in [9.17, 15) is 24.9 Å². The lowest BCUT2D eigenvalue weighted by molar-refractivity contribution is -0.287. The Hall–Kier alpha value is -1.36. The van der Waals surface area contributed by atoms with Crippen molar-refractivity contribution in [1.29, 1.82) is 0 Å². The minimum Gasteiger partial charge on any atom is -0.458 e. The van der Waals surface area contributed by atoms with Crippen LogP contribution in [0.2, 0.25) is 0 Å². The molecule has 9 heteroatoms. The molecule has 0 aromatic rings. The maximum Gasteiger partial charge on any atom is 0.331 e. The summed E-state index contributed by atoms with van der Waals surface area (Å²) in [6.45, 7) is 4.25. The van der Waals surface area contributed by atoms with Crippen molar-refractivity contribution in [3.8, 4) is 0 Å². The molecule has 0 amide bonds. The number of fused-ring (bicyclic) bond motifs is 5. The molecule has 1 saturated heterocycles. The van der Waals surface area contributed by atoms with Gasteiger partial charge in [0.1, 0.15) is 19.0 Å². The molecule has 2 aliphatic heterocycles. The number of ether oxygens (including phenoxy) is 4. The molecule has 39 heavy (non-hydrogen) atoms. The quantitative estimate of drug-likeness (QED) is 0.269. The van der Waals surface area contributed by atoms with Gasteiger partial charge in [0.25, 0.3) is 0 Å². The number of rotatable bonds is 5. The zero-order valence-electron chi connectivity index (χ0n) is 23.3. The minimum atomic E-state index is -1.21. The molecule has 2 heterocycles. The first-order valence-corrected chi connectivity index (χ1v) is 14.8. The SMILES string of the molecule is CO[C@H]1C[C@H](O[C@H]2CCC3(C=O)C4CCC5(C)C(C6=CC(=O)OC6)CCC5(O)C4CC[C@]3(O)C2)O[C@H](C)[C@H]1O. The van der Waals surface area contributed by atoms with Crippen LogP contribution in [0.15, 0.2) is 11.6 Å². The smallest absolute Gasteiger partial charge is 0.331 e. The first kappa shape index (κ1) is 27.8. The summed E-state index contributed by atoms with van der Waals surface area (Å²) < 4.78 is 22.9. The van der Waals surface area contributed by atoms with E-state index in [1.54, 1.807) is 20.1 Å². The topological polar surface area (TPSA) is 132 Å². The van der Waals surface area contributed by atoms with E-state index in [4.69, 9.17) is 18.9 Å². The van der Waals surface area contributed by atoms with E-state index in [2.05, 4.69) is 6.92 Å². The third-order valence-corrected chi connectivity index (χ3v) is 12.1. The predicted molar refractivity (Wildman–Crippen MR) is 138 cm³/mol. The Morgan fingerprint density at radius 3 is 2.54 bits per heavy atom. The number of hydrogen-bond acceptors (Lipinski definition) is 9. The summed E-state index contributed by atoms with van der Waals surface area (Å²) in [4.78, 5) is 24.8. The average Bonchev–Trinajstić information content (AvgIpc) is 3.45. The second-order valence-electron chi connectivity index (χ2n) is 13.5. The molecule has 4 aliphatic carbocycles. The second kappa shape index (κ2) is 9.60. The van der Waals surface area contributed by atoms with Crippen LogP contribution < -0.4 is 0 Å². The van der Waals surface area contributed by atoms with Gasteiger partial charge in [-0.25, -0.2) is 4.79 Å². The van der Waals surface area contributed by atoms with E-state index < -0.39 is 40.5 Å². The third-order valence-electron chi connectivity index (χ3n) is 12.1. The number of aliphatic hydroxyl groups is 3. The number of carbonyl (C=O) groups is 2. The van der Waals surface area contributed by atoms with Crippen LogP contribution in [0.1, 0.15) is 78.1 Å². The molecule has 6 rings (SSSR count). The molecule has 12 atom stereocenters. The molecule has 0 spiro atoms. The lowest BCUT2D eigenvalue weighted by Crippen LogP contribution is -2.69. The van der Waals surface area contributed by atoms with Gasteiger partial charge in [0.15, 0.2) is 6.29 Å². The van der Waals surface area contributed by atoms with Crippen LogP contribution in [-0.2, 0) is 28.5 Å². The molecule has 0 radical (unpaired) electrons. The van der Waals surface area contributed by atoms with Crippen LogP contribution in [-0.4, -0.2) is 83.2 Å². The summed E-state index contributed by atoms with van der Waals surface area (Å²) in [6.07, 6.45) is 6.10. The number of hydrogen-bond donors (Lipinski definition) is 3. The predicted octanol–water partition coefficient (Wildman–Crippen LogP) is 2.43. The van der Waals surface area contributed by atoms with Crippen molar-refractivity contribution in [1.82, 2.24) is 0 Å². The lowest BCUT2D eigenvalue weighted by atomic mass is 9.41. The van der Waals surface area contributed by atoms with Crippen molar-refractivity contribution in [3.05, 3.63) is 11.6 Å². The molecule has 218 valence electrons. The van der Waals surface area contributed by atoms with Gasteiger partial charge < -0.3 is 39.1 Å². The first-order valence-electron chi connectivity index (χ1n) is 14.8.